The number of hydrogen-bond acceptors (Lipinski definition) is 4. The van der Waals surface area contributed by atoms with Gasteiger partial charge in [-0.05, 0) is 30.7 Å². The Kier molecular flexibility index (Phi) is 2.67. The van der Waals surface area contributed by atoms with E-state index in [0.717, 1.165) is 5.56 Å². The maximum Gasteiger partial charge on any atom is 0.343 e. The van der Waals surface area contributed by atoms with Crippen LogP contribution in [0.1, 0.15) is 18.1 Å². The van der Waals surface area contributed by atoms with E-state index in [9.17, 15) is 9.90 Å². The molecule has 0 saturated heterocycles. The summed E-state index contributed by atoms with van der Waals surface area (Å²) in [6, 6.07) is 8.72. The van der Waals surface area contributed by atoms with Gasteiger partial charge in [0.25, 0.3) is 0 Å². The zero-order valence-electron chi connectivity index (χ0n) is 9.10. The highest BCUT2D eigenvalue weighted by Gasteiger charge is 2.25. The van der Waals surface area contributed by atoms with Crippen molar-refractivity contribution in [3.63, 3.8) is 0 Å². The van der Waals surface area contributed by atoms with Crippen molar-refractivity contribution in [2.45, 2.75) is 6.92 Å². The standard InChI is InChI=1S/C13H9NO3/c1-8-12(15)11(17-13(8)16)6-9-2-4-10(7-14)5-3-9/h2-6,15H,1H3/b11-6-. The van der Waals surface area contributed by atoms with Crippen molar-refractivity contribution >= 4 is 12.0 Å². The summed E-state index contributed by atoms with van der Waals surface area (Å²) < 4.78 is 4.88. The average Bonchev–Trinajstić information content (AvgIpc) is 2.58. The van der Waals surface area contributed by atoms with Crippen LogP contribution in [0.2, 0.25) is 0 Å². The van der Waals surface area contributed by atoms with E-state index in [1.807, 2.05) is 6.07 Å². The van der Waals surface area contributed by atoms with Gasteiger partial charge in [0.15, 0.2) is 11.5 Å². The highest BCUT2D eigenvalue weighted by atomic mass is 16.6. The monoisotopic (exact) mass is 227 g/mol. The third-order valence-corrected chi connectivity index (χ3v) is 2.43. The van der Waals surface area contributed by atoms with Gasteiger partial charge in [-0.3, -0.25) is 0 Å². The van der Waals surface area contributed by atoms with Gasteiger partial charge in [-0.25, -0.2) is 4.79 Å². The van der Waals surface area contributed by atoms with Crippen LogP contribution in [0, 0.1) is 11.3 Å². The first-order valence-corrected chi connectivity index (χ1v) is 4.96. The zero-order chi connectivity index (χ0) is 12.4. The number of aliphatic hydroxyl groups excluding tert-OH is 1. The van der Waals surface area contributed by atoms with E-state index in [1.54, 1.807) is 30.3 Å². The Morgan fingerprint density at radius 3 is 2.47 bits per heavy atom. The summed E-state index contributed by atoms with van der Waals surface area (Å²) in [5.41, 5.74) is 1.49. The molecule has 2 rings (SSSR count). The number of hydrogen-bond donors (Lipinski definition) is 1. The lowest BCUT2D eigenvalue weighted by Crippen LogP contribution is -1.94. The second-order valence-electron chi connectivity index (χ2n) is 3.61. The number of carbonyl (C=O) groups is 1. The SMILES string of the molecule is CC1=C(O)/C(=C/c2ccc(C#N)cc2)OC1=O. The molecule has 0 spiro atoms. The molecule has 0 bridgehead atoms. The van der Waals surface area contributed by atoms with Gasteiger partial charge in [-0.1, -0.05) is 12.1 Å². The zero-order valence-corrected chi connectivity index (χ0v) is 9.10. The summed E-state index contributed by atoms with van der Waals surface area (Å²) in [7, 11) is 0. The van der Waals surface area contributed by atoms with Gasteiger partial charge in [-0.2, -0.15) is 5.26 Å². The largest absolute Gasteiger partial charge is 0.504 e. The van der Waals surface area contributed by atoms with Crippen LogP contribution in [-0.4, -0.2) is 11.1 Å². The van der Waals surface area contributed by atoms with E-state index in [-0.39, 0.29) is 17.1 Å². The van der Waals surface area contributed by atoms with E-state index in [0.29, 0.717) is 5.56 Å². The van der Waals surface area contributed by atoms with Gasteiger partial charge in [0.2, 0.25) is 0 Å². The van der Waals surface area contributed by atoms with Crippen molar-refractivity contribution in [2.24, 2.45) is 0 Å². The average molecular weight is 227 g/mol. The molecule has 0 radical (unpaired) electrons. The van der Waals surface area contributed by atoms with Crippen molar-refractivity contribution in [3.8, 4) is 6.07 Å². The molecule has 0 aromatic heterocycles. The summed E-state index contributed by atoms with van der Waals surface area (Å²) in [6.07, 6.45) is 1.55. The Morgan fingerprint density at radius 1 is 1.35 bits per heavy atom. The molecule has 1 N–H and O–H groups in total. The Morgan fingerprint density at radius 2 is 2.00 bits per heavy atom. The molecule has 4 heteroatoms. The molecule has 1 aromatic rings. The lowest BCUT2D eigenvalue weighted by molar-refractivity contribution is -0.133. The number of nitrogens with zero attached hydrogens (tertiary/aromatic N) is 1. The Labute approximate surface area is 98.1 Å². The van der Waals surface area contributed by atoms with Crippen LogP contribution in [-0.2, 0) is 9.53 Å². The molecule has 1 heterocycles. The maximum atomic E-state index is 11.2. The minimum Gasteiger partial charge on any atom is -0.504 e. The lowest BCUT2D eigenvalue weighted by Gasteiger charge is -1.98. The third kappa shape index (κ3) is 2.04. The molecule has 0 unspecified atom stereocenters. The van der Waals surface area contributed by atoms with E-state index >= 15 is 0 Å². The number of cyclic esters (lactones) is 1. The molecule has 17 heavy (non-hydrogen) atoms. The van der Waals surface area contributed by atoms with Crippen molar-refractivity contribution in [2.75, 3.05) is 0 Å². The quantitative estimate of drug-likeness (QED) is 0.747. The highest BCUT2D eigenvalue weighted by molar-refractivity contribution is 5.94. The van der Waals surface area contributed by atoms with Gasteiger partial charge in [0.05, 0.1) is 17.2 Å². The highest BCUT2D eigenvalue weighted by Crippen LogP contribution is 2.25. The first kappa shape index (κ1) is 11.0. The molecule has 1 aromatic carbocycles. The van der Waals surface area contributed by atoms with Crippen LogP contribution < -0.4 is 0 Å². The molecule has 1 aliphatic rings. The molecule has 4 nitrogen and oxygen atoms in total. The van der Waals surface area contributed by atoms with Gasteiger partial charge >= 0.3 is 5.97 Å². The van der Waals surface area contributed by atoms with E-state index in [2.05, 4.69) is 0 Å². The summed E-state index contributed by atoms with van der Waals surface area (Å²) >= 11 is 0. The predicted octanol–water partition coefficient (Wildman–Crippen LogP) is 2.29. The van der Waals surface area contributed by atoms with Crippen molar-refractivity contribution in [3.05, 3.63) is 52.5 Å². The number of carbonyl (C=O) groups excluding carboxylic acids is 1. The molecule has 0 fully saturated rings. The lowest BCUT2D eigenvalue weighted by atomic mass is 10.1. The van der Waals surface area contributed by atoms with Crippen LogP contribution in [0.15, 0.2) is 41.4 Å². The molecule has 0 aliphatic carbocycles. The minimum absolute atomic E-state index is 0.136. The van der Waals surface area contributed by atoms with Gasteiger partial charge in [-0.15, -0.1) is 0 Å². The van der Waals surface area contributed by atoms with Crippen molar-refractivity contribution < 1.29 is 14.6 Å². The fraction of sp³-hybridized carbons (Fsp3) is 0.0769. The first-order valence-electron chi connectivity index (χ1n) is 4.96. The first-order chi connectivity index (χ1) is 8.11. The topological polar surface area (TPSA) is 70.3 Å². The second-order valence-corrected chi connectivity index (χ2v) is 3.61. The molecular weight excluding hydrogens is 218 g/mol. The normalized spacial score (nSPS) is 17.2. The fourth-order valence-corrected chi connectivity index (χ4v) is 1.41. The van der Waals surface area contributed by atoms with Crippen LogP contribution >= 0.6 is 0 Å². The van der Waals surface area contributed by atoms with Crippen LogP contribution in [0.25, 0.3) is 6.08 Å². The smallest absolute Gasteiger partial charge is 0.343 e. The Balaban J connectivity index is 2.32. The molecule has 1 aliphatic heterocycles. The van der Waals surface area contributed by atoms with Gasteiger partial charge in [0, 0.05) is 0 Å². The number of ether oxygens (including phenoxy) is 1. The third-order valence-electron chi connectivity index (χ3n) is 2.43. The molecule has 0 atom stereocenters. The number of benzene rings is 1. The second kappa shape index (κ2) is 4.14. The minimum atomic E-state index is -0.539. The van der Waals surface area contributed by atoms with Crippen LogP contribution in [0.5, 0.6) is 0 Å². The summed E-state index contributed by atoms with van der Waals surface area (Å²) in [4.78, 5) is 11.2. The molecule has 0 amide bonds. The predicted molar refractivity (Wildman–Crippen MR) is 60.6 cm³/mol. The molecule has 0 saturated carbocycles. The fourth-order valence-electron chi connectivity index (χ4n) is 1.41. The van der Waals surface area contributed by atoms with E-state index in [4.69, 9.17) is 10.00 Å². The number of nitriles is 1. The number of aliphatic hydroxyl groups is 1. The Hall–Kier alpha value is -2.54. The van der Waals surface area contributed by atoms with Gasteiger partial charge in [0.1, 0.15) is 0 Å². The Bertz CT molecular complexity index is 574. The van der Waals surface area contributed by atoms with Crippen LogP contribution in [0.4, 0.5) is 0 Å². The van der Waals surface area contributed by atoms with E-state index < -0.39 is 5.97 Å². The van der Waals surface area contributed by atoms with Crippen molar-refractivity contribution in [1.29, 1.82) is 5.26 Å². The molecule has 84 valence electrons. The molecular formula is C13H9NO3. The maximum absolute atomic E-state index is 11.2. The summed E-state index contributed by atoms with van der Waals surface area (Å²) in [5, 5.41) is 18.2. The van der Waals surface area contributed by atoms with Crippen molar-refractivity contribution in [1.82, 2.24) is 0 Å². The number of esters is 1. The summed E-state index contributed by atoms with van der Waals surface area (Å²) in [6.45, 7) is 1.50. The van der Waals surface area contributed by atoms with Gasteiger partial charge < -0.3 is 9.84 Å². The summed E-state index contributed by atoms with van der Waals surface area (Å²) in [5.74, 6) is -0.543. The van der Waals surface area contributed by atoms with E-state index in [1.165, 1.54) is 6.92 Å². The number of rotatable bonds is 1. The van der Waals surface area contributed by atoms with Crippen LogP contribution in [0.3, 0.4) is 0 Å².